The quantitative estimate of drug-likeness (QED) is 0.811. The molecular formula is C15H17ClN2OS. The first-order valence-electron chi connectivity index (χ1n) is 6.28. The first kappa shape index (κ1) is 15.0. The molecule has 2 aromatic rings. The van der Waals surface area contributed by atoms with Crippen molar-refractivity contribution in [2.45, 2.75) is 22.7 Å². The Hall–Kier alpha value is -1.36. The molecule has 5 heteroatoms. The highest BCUT2D eigenvalue weighted by molar-refractivity contribution is 8.01. The van der Waals surface area contributed by atoms with Crippen LogP contribution in [0.25, 0.3) is 0 Å². The van der Waals surface area contributed by atoms with Crippen LogP contribution in [0.4, 0.5) is 5.69 Å². The number of aromatic hydroxyl groups is 1. The van der Waals surface area contributed by atoms with Gasteiger partial charge in [-0.15, -0.1) is 12.4 Å². The van der Waals surface area contributed by atoms with Gasteiger partial charge in [-0.25, -0.2) is 0 Å². The molecule has 3 rings (SSSR count). The molecule has 0 fully saturated rings. The third kappa shape index (κ3) is 3.20. The second kappa shape index (κ2) is 5.95. The molecule has 0 aromatic heterocycles. The standard InChI is InChI=1S/C15H16N2OS.ClH/c16-15(10-9-11-5-7-12(18)8-6-11)17-13-3-1-2-4-14(13)19-15;/h1-8,17-18H,9-10,16H2;1H. The van der Waals surface area contributed by atoms with Crippen LogP contribution in [0, 0.1) is 0 Å². The molecule has 20 heavy (non-hydrogen) atoms. The van der Waals surface area contributed by atoms with E-state index in [2.05, 4.69) is 17.4 Å². The third-order valence-corrected chi connectivity index (χ3v) is 4.49. The van der Waals surface area contributed by atoms with Crippen LogP contribution >= 0.6 is 24.2 Å². The minimum absolute atomic E-state index is 0. The number of thioether (sulfide) groups is 1. The first-order chi connectivity index (χ1) is 9.15. The van der Waals surface area contributed by atoms with E-state index in [1.807, 2.05) is 24.3 Å². The van der Waals surface area contributed by atoms with Gasteiger partial charge in [0.1, 0.15) is 10.7 Å². The maximum atomic E-state index is 9.26. The first-order valence-corrected chi connectivity index (χ1v) is 7.09. The monoisotopic (exact) mass is 308 g/mol. The van der Waals surface area contributed by atoms with E-state index in [1.54, 1.807) is 23.9 Å². The molecule has 0 saturated heterocycles. The van der Waals surface area contributed by atoms with Crippen LogP contribution in [0.3, 0.4) is 0 Å². The predicted octanol–water partition coefficient (Wildman–Crippen LogP) is 3.58. The van der Waals surface area contributed by atoms with E-state index in [0.29, 0.717) is 5.75 Å². The molecule has 0 amide bonds. The lowest BCUT2D eigenvalue weighted by molar-refractivity contribution is 0.475. The Balaban J connectivity index is 0.00000147. The molecule has 1 aliphatic heterocycles. The van der Waals surface area contributed by atoms with Crippen LogP contribution in [0.15, 0.2) is 53.4 Å². The van der Waals surface area contributed by atoms with Gasteiger partial charge in [0.05, 0.1) is 0 Å². The number of hydrogen-bond donors (Lipinski definition) is 3. The van der Waals surface area contributed by atoms with Gasteiger partial charge in [-0.2, -0.15) is 0 Å². The second-order valence-electron chi connectivity index (χ2n) is 4.78. The Kier molecular flexibility index (Phi) is 4.48. The third-order valence-electron chi connectivity index (χ3n) is 3.25. The number of nitrogens with two attached hydrogens (primary N) is 1. The Labute approximate surface area is 129 Å². The molecule has 4 N–H and O–H groups in total. The van der Waals surface area contributed by atoms with Crippen LogP contribution in [-0.4, -0.2) is 10.1 Å². The van der Waals surface area contributed by atoms with E-state index in [4.69, 9.17) is 5.73 Å². The Morgan fingerprint density at radius 1 is 1.10 bits per heavy atom. The van der Waals surface area contributed by atoms with Gasteiger partial charge < -0.3 is 10.4 Å². The summed E-state index contributed by atoms with van der Waals surface area (Å²) in [5.41, 5.74) is 8.68. The number of benzene rings is 2. The van der Waals surface area contributed by atoms with Gasteiger partial charge in [0, 0.05) is 10.6 Å². The lowest BCUT2D eigenvalue weighted by Crippen LogP contribution is -2.41. The summed E-state index contributed by atoms with van der Waals surface area (Å²) in [7, 11) is 0. The van der Waals surface area contributed by atoms with Gasteiger partial charge in [0.2, 0.25) is 0 Å². The van der Waals surface area contributed by atoms with Crippen molar-refractivity contribution in [3.05, 3.63) is 54.1 Å². The Morgan fingerprint density at radius 2 is 1.80 bits per heavy atom. The number of phenolic OH excluding ortho intramolecular Hbond substituents is 1. The van der Waals surface area contributed by atoms with Crippen molar-refractivity contribution in [3.63, 3.8) is 0 Å². The van der Waals surface area contributed by atoms with E-state index in [0.717, 1.165) is 18.5 Å². The number of anilines is 1. The van der Waals surface area contributed by atoms with Crippen LogP contribution in [-0.2, 0) is 6.42 Å². The number of fused-ring (bicyclic) bond motifs is 1. The number of nitrogens with one attached hydrogen (secondary N) is 1. The summed E-state index contributed by atoms with van der Waals surface area (Å²) in [6.07, 6.45) is 1.71. The molecule has 3 nitrogen and oxygen atoms in total. The van der Waals surface area contributed by atoms with E-state index >= 15 is 0 Å². The fourth-order valence-corrected chi connectivity index (χ4v) is 3.35. The average Bonchev–Trinajstić information content (AvgIpc) is 2.75. The topological polar surface area (TPSA) is 58.3 Å². The smallest absolute Gasteiger partial charge is 0.139 e. The summed E-state index contributed by atoms with van der Waals surface area (Å²) in [6, 6.07) is 15.5. The van der Waals surface area contributed by atoms with Gasteiger partial charge in [-0.05, 0) is 42.7 Å². The number of hydrogen-bond acceptors (Lipinski definition) is 4. The highest BCUT2D eigenvalue weighted by atomic mass is 35.5. The summed E-state index contributed by atoms with van der Waals surface area (Å²) in [6.45, 7) is 0. The molecule has 0 aliphatic carbocycles. The zero-order valence-electron chi connectivity index (χ0n) is 10.9. The lowest BCUT2D eigenvalue weighted by Gasteiger charge is -2.23. The minimum Gasteiger partial charge on any atom is -0.508 e. The summed E-state index contributed by atoms with van der Waals surface area (Å²) in [5, 5.41) is 12.6. The lowest BCUT2D eigenvalue weighted by atomic mass is 10.1. The van der Waals surface area contributed by atoms with Crippen LogP contribution in [0.5, 0.6) is 5.75 Å². The molecule has 0 saturated carbocycles. The van der Waals surface area contributed by atoms with Gasteiger partial charge in [0.15, 0.2) is 0 Å². The largest absolute Gasteiger partial charge is 0.508 e. The molecule has 0 radical (unpaired) electrons. The minimum atomic E-state index is -0.443. The molecule has 0 spiro atoms. The highest BCUT2D eigenvalue weighted by Gasteiger charge is 2.33. The fraction of sp³-hybridized carbons (Fsp3) is 0.200. The van der Waals surface area contributed by atoms with Gasteiger partial charge in [0.25, 0.3) is 0 Å². The second-order valence-corrected chi connectivity index (χ2v) is 6.15. The van der Waals surface area contributed by atoms with Crippen molar-refractivity contribution in [2.75, 3.05) is 5.32 Å². The maximum Gasteiger partial charge on any atom is 0.139 e. The summed E-state index contributed by atoms with van der Waals surface area (Å²) in [5.74, 6) is 0.298. The molecule has 106 valence electrons. The maximum absolute atomic E-state index is 9.26. The van der Waals surface area contributed by atoms with Gasteiger partial charge in [-0.1, -0.05) is 36.0 Å². The van der Waals surface area contributed by atoms with Crippen LogP contribution in [0.1, 0.15) is 12.0 Å². The highest BCUT2D eigenvalue weighted by Crippen LogP contribution is 2.44. The van der Waals surface area contributed by atoms with Crippen molar-refractivity contribution in [1.29, 1.82) is 0 Å². The van der Waals surface area contributed by atoms with Gasteiger partial charge in [-0.3, -0.25) is 5.73 Å². The summed E-state index contributed by atoms with van der Waals surface area (Å²) in [4.78, 5) is 0.761. The van der Waals surface area contributed by atoms with E-state index in [1.165, 1.54) is 10.5 Å². The number of phenols is 1. The van der Waals surface area contributed by atoms with E-state index < -0.39 is 4.99 Å². The fourth-order valence-electron chi connectivity index (χ4n) is 2.21. The van der Waals surface area contributed by atoms with E-state index in [-0.39, 0.29) is 12.4 Å². The van der Waals surface area contributed by atoms with Crippen molar-refractivity contribution in [1.82, 2.24) is 0 Å². The molecule has 1 heterocycles. The normalized spacial score (nSPS) is 19.9. The Morgan fingerprint density at radius 3 is 2.50 bits per heavy atom. The molecular weight excluding hydrogens is 292 g/mol. The molecule has 0 bridgehead atoms. The number of aryl methyl sites for hydroxylation is 1. The predicted molar refractivity (Wildman–Crippen MR) is 86.5 cm³/mol. The average molecular weight is 309 g/mol. The molecule has 1 aliphatic rings. The van der Waals surface area contributed by atoms with E-state index in [9.17, 15) is 5.11 Å². The SMILES string of the molecule is Cl.NC1(CCc2ccc(O)cc2)Nc2ccccc2S1. The van der Waals surface area contributed by atoms with Crippen LogP contribution < -0.4 is 11.1 Å². The van der Waals surface area contributed by atoms with Crippen molar-refractivity contribution >= 4 is 29.9 Å². The number of halogens is 1. The van der Waals surface area contributed by atoms with Crippen molar-refractivity contribution < 1.29 is 5.11 Å². The Bertz CT molecular complexity index is 564. The molecule has 1 unspecified atom stereocenters. The zero-order valence-corrected chi connectivity index (χ0v) is 12.5. The zero-order chi connectivity index (χ0) is 13.3. The molecule has 1 atom stereocenters. The molecule has 2 aromatic carbocycles. The van der Waals surface area contributed by atoms with Crippen LogP contribution in [0.2, 0.25) is 0 Å². The summed E-state index contributed by atoms with van der Waals surface area (Å²) < 4.78 is 0. The van der Waals surface area contributed by atoms with Crippen molar-refractivity contribution in [3.8, 4) is 5.75 Å². The summed E-state index contributed by atoms with van der Waals surface area (Å²) >= 11 is 1.68. The number of para-hydroxylation sites is 1. The van der Waals surface area contributed by atoms with Crippen molar-refractivity contribution in [2.24, 2.45) is 5.73 Å². The number of rotatable bonds is 3. The van der Waals surface area contributed by atoms with Gasteiger partial charge >= 0.3 is 0 Å².